The predicted molar refractivity (Wildman–Crippen MR) is 60.2 cm³/mol. The fourth-order valence-electron chi connectivity index (χ4n) is 2.43. The summed E-state index contributed by atoms with van der Waals surface area (Å²) in [5, 5.41) is 3.14. The molecular weight excluding hydrogens is 208 g/mol. The molecule has 2 rings (SSSR count). The Labute approximate surface area is 94.9 Å². The zero-order valence-corrected chi connectivity index (χ0v) is 9.47. The number of hydrogen-bond acceptors (Lipinski definition) is 1. The van der Waals surface area contributed by atoms with E-state index in [2.05, 4.69) is 5.32 Å². The molecule has 1 N–H and O–H groups in total. The Morgan fingerprint density at radius 1 is 1.25 bits per heavy atom. The minimum Gasteiger partial charge on any atom is -0.319 e. The van der Waals surface area contributed by atoms with E-state index in [1.54, 1.807) is 12.1 Å². The van der Waals surface area contributed by atoms with Gasteiger partial charge >= 0.3 is 0 Å². The molecule has 3 heteroatoms. The molecule has 0 spiro atoms. The fourth-order valence-corrected chi connectivity index (χ4v) is 2.43. The summed E-state index contributed by atoms with van der Waals surface area (Å²) >= 11 is 0. The summed E-state index contributed by atoms with van der Waals surface area (Å²) in [4.78, 5) is 0. The van der Waals surface area contributed by atoms with Gasteiger partial charge in [0.15, 0.2) is 11.6 Å². The second-order valence-electron chi connectivity index (χ2n) is 4.57. The van der Waals surface area contributed by atoms with Crippen LogP contribution in [0.4, 0.5) is 8.78 Å². The molecule has 0 bridgehead atoms. The van der Waals surface area contributed by atoms with Gasteiger partial charge in [0, 0.05) is 0 Å². The van der Waals surface area contributed by atoms with Crippen LogP contribution in [0, 0.1) is 23.5 Å². The van der Waals surface area contributed by atoms with E-state index in [0.29, 0.717) is 23.8 Å². The molecule has 1 fully saturated rings. The lowest BCUT2D eigenvalue weighted by atomic mass is 9.70. The molecule has 0 radical (unpaired) electrons. The van der Waals surface area contributed by atoms with Gasteiger partial charge in [0.1, 0.15) is 0 Å². The Kier molecular flexibility index (Phi) is 3.54. The van der Waals surface area contributed by atoms with E-state index in [9.17, 15) is 8.78 Å². The van der Waals surface area contributed by atoms with Gasteiger partial charge < -0.3 is 5.32 Å². The maximum atomic E-state index is 13.4. The van der Waals surface area contributed by atoms with Crippen molar-refractivity contribution in [1.82, 2.24) is 5.32 Å². The maximum Gasteiger partial charge on any atom is 0.162 e. The summed E-state index contributed by atoms with van der Waals surface area (Å²) in [7, 11) is 1.93. The van der Waals surface area contributed by atoms with Crippen molar-refractivity contribution >= 4 is 0 Å². The second kappa shape index (κ2) is 4.91. The first kappa shape index (κ1) is 11.5. The van der Waals surface area contributed by atoms with E-state index in [-0.39, 0.29) is 0 Å². The lowest BCUT2D eigenvalue weighted by Crippen LogP contribution is -2.35. The Morgan fingerprint density at radius 3 is 2.62 bits per heavy atom. The smallest absolute Gasteiger partial charge is 0.162 e. The van der Waals surface area contributed by atoms with Gasteiger partial charge in [-0.3, -0.25) is 0 Å². The molecule has 88 valence electrons. The Morgan fingerprint density at radius 2 is 2.00 bits per heavy atom. The molecule has 1 aliphatic carbocycles. The molecule has 16 heavy (non-hydrogen) atoms. The van der Waals surface area contributed by atoms with Crippen molar-refractivity contribution in [2.75, 3.05) is 13.6 Å². The van der Waals surface area contributed by atoms with Crippen LogP contribution in [0.2, 0.25) is 0 Å². The second-order valence-corrected chi connectivity index (χ2v) is 4.57. The zero-order chi connectivity index (χ0) is 11.5. The highest BCUT2D eigenvalue weighted by molar-refractivity contribution is 5.20. The van der Waals surface area contributed by atoms with Gasteiger partial charge in [-0.2, -0.15) is 0 Å². The first-order valence-electron chi connectivity index (χ1n) is 5.80. The van der Waals surface area contributed by atoms with Crippen LogP contribution in [0.25, 0.3) is 0 Å². The highest BCUT2D eigenvalue weighted by Gasteiger charge is 2.30. The minimum atomic E-state index is -0.734. The summed E-state index contributed by atoms with van der Waals surface area (Å²) < 4.78 is 26.5. The van der Waals surface area contributed by atoms with Crippen LogP contribution >= 0.6 is 0 Å². The van der Waals surface area contributed by atoms with Crippen molar-refractivity contribution in [3.63, 3.8) is 0 Å². The van der Waals surface area contributed by atoms with E-state index in [4.69, 9.17) is 0 Å². The third kappa shape index (κ3) is 2.24. The van der Waals surface area contributed by atoms with Crippen LogP contribution in [0.3, 0.4) is 0 Å². The summed E-state index contributed by atoms with van der Waals surface area (Å²) in [5.41, 5.74) is 0.519. The maximum absolute atomic E-state index is 13.4. The quantitative estimate of drug-likeness (QED) is 0.830. The highest BCUT2D eigenvalue weighted by Crippen LogP contribution is 2.36. The normalized spacial score (nSPS) is 24.2. The van der Waals surface area contributed by atoms with E-state index in [1.807, 2.05) is 7.05 Å². The molecule has 1 nitrogen and oxygen atoms in total. The third-order valence-electron chi connectivity index (χ3n) is 3.55. The van der Waals surface area contributed by atoms with Crippen molar-refractivity contribution in [2.45, 2.75) is 19.3 Å². The van der Waals surface area contributed by atoms with E-state index >= 15 is 0 Å². The predicted octanol–water partition coefficient (Wildman–Crippen LogP) is 2.75. The van der Waals surface area contributed by atoms with Crippen LogP contribution in [-0.2, 0) is 6.42 Å². The van der Waals surface area contributed by atoms with Gasteiger partial charge in [0.25, 0.3) is 0 Å². The first-order valence-corrected chi connectivity index (χ1v) is 5.80. The minimum absolute atomic E-state index is 0.503. The molecule has 1 aliphatic rings. The van der Waals surface area contributed by atoms with Crippen molar-refractivity contribution in [3.8, 4) is 0 Å². The average molecular weight is 225 g/mol. The van der Waals surface area contributed by atoms with Crippen LogP contribution in [0.5, 0.6) is 0 Å². The first-order chi connectivity index (χ1) is 7.72. The molecule has 0 heterocycles. The Bertz CT molecular complexity index is 365. The van der Waals surface area contributed by atoms with Gasteiger partial charge in [-0.1, -0.05) is 12.1 Å². The van der Waals surface area contributed by atoms with Crippen molar-refractivity contribution in [2.24, 2.45) is 11.8 Å². The topological polar surface area (TPSA) is 12.0 Å². The standard InChI is InChI=1S/C13H17F2N/c1-16-8-11-6-5-9(11)7-10-3-2-4-12(14)13(10)15/h2-4,9,11,16H,5-8H2,1H3. The van der Waals surface area contributed by atoms with Crippen LogP contribution in [0.1, 0.15) is 18.4 Å². The monoisotopic (exact) mass is 225 g/mol. The Hall–Kier alpha value is -0.960. The molecule has 1 aromatic rings. The number of halogens is 2. The summed E-state index contributed by atoms with van der Waals surface area (Å²) in [6.45, 7) is 0.974. The molecular formula is C13H17F2N. The molecule has 1 aromatic carbocycles. The van der Waals surface area contributed by atoms with E-state index in [0.717, 1.165) is 13.0 Å². The van der Waals surface area contributed by atoms with Crippen LogP contribution in [0.15, 0.2) is 18.2 Å². The number of benzene rings is 1. The molecule has 1 saturated carbocycles. The SMILES string of the molecule is CNCC1CCC1Cc1cccc(F)c1F. The molecule has 2 unspecified atom stereocenters. The third-order valence-corrected chi connectivity index (χ3v) is 3.55. The van der Waals surface area contributed by atoms with Gasteiger partial charge in [0.2, 0.25) is 0 Å². The lowest BCUT2D eigenvalue weighted by Gasteiger charge is -2.36. The largest absolute Gasteiger partial charge is 0.319 e. The van der Waals surface area contributed by atoms with Crippen LogP contribution < -0.4 is 5.32 Å². The number of hydrogen-bond donors (Lipinski definition) is 1. The summed E-state index contributed by atoms with van der Waals surface area (Å²) in [6, 6.07) is 4.44. The molecule has 0 amide bonds. The number of rotatable bonds is 4. The zero-order valence-electron chi connectivity index (χ0n) is 9.47. The molecule has 0 aromatic heterocycles. The van der Waals surface area contributed by atoms with E-state index < -0.39 is 11.6 Å². The van der Waals surface area contributed by atoms with Gasteiger partial charge in [-0.25, -0.2) is 8.78 Å². The lowest BCUT2D eigenvalue weighted by molar-refractivity contribution is 0.172. The van der Waals surface area contributed by atoms with Crippen LogP contribution in [-0.4, -0.2) is 13.6 Å². The highest BCUT2D eigenvalue weighted by atomic mass is 19.2. The molecule has 2 atom stereocenters. The summed E-state index contributed by atoms with van der Waals surface area (Å²) in [5.74, 6) is -0.281. The molecule has 0 aliphatic heterocycles. The van der Waals surface area contributed by atoms with Gasteiger partial charge in [-0.15, -0.1) is 0 Å². The average Bonchev–Trinajstić information content (AvgIpc) is 2.26. The number of nitrogens with one attached hydrogen (secondary N) is 1. The van der Waals surface area contributed by atoms with E-state index in [1.165, 1.54) is 12.5 Å². The fraction of sp³-hybridized carbons (Fsp3) is 0.538. The van der Waals surface area contributed by atoms with Crippen molar-refractivity contribution in [1.29, 1.82) is 0 Å². The van der Waals surface area contributed by atoms with Gasteiger partial charge in [-0.05, 0) is 56.3 Å². The molecule has 0 saturated heterocycles. The Balaban J connectivity index is 2.01. The van der Waals surface area contributed by atoms with Crippen molar-refractivity contribution < 1.29 is 8.78 Å². The summed E-state index contributed by atoms with van der Waals surface area (Å²) in [6.07, 6.45) is 2.99. The van der Waals surface area contributed by atoms with Crippen molar-refractivity contribution in [3.05, 3.63) is 35.4 Å². The van der Waals surface area contributed by atoms with Gasteiger partial charge in [0.05, 0.1) is 0 Å².